The molecule has 7 heteroatoms. The molecule has 2 aromatic rings. The molecule has 1 aliphatic heterocycles. The van der Waals surface area contributed by atoms with Gasteiger partial charge in [0.15, 0.2) is 5.13 Å². The van der Waals surface area contributed by atoms with Crippen LogP contribution in [0.2, 0.25) is 0 Å². The van der Waals surface area contributed by atoms with Gasteiger partial charge in [0.05, 0.1) is 0 Å². The molecule has 0 unspecified atom stereocenters. The van der Waals surface area contributed by atoms with Gasteiger partial charge in [0.2, 0.25) is 5.91 Å². The summed E-state index contributed by atoms with van der Waals surface area (Å²) in [6.07, 6.45) is 6.05. The van der Waals surface area contributed by atoms with E-state index in [-0.39, 0.29) is 17.7 Å². The zero-order chi connectivity index (χ0) is 17.9. The van der Waals surface area contributed by atoms with E-state index in [1.165, 1.54) is 4.88 Å². The van der Waals surface area contributed by atoms with Gasteiger partial charge in [-0.1, -0.05) is 0 Å². The van der Waals surface area contributed by atoms with Gasteiger partial charge in [-0.25, -0.2) is 4.98 Å². The molecule has 0 bridgehead atoms. The van der Waals surface area contributed by atoms with Gasteiger partial charge in [-0.2, -0.15) is 0 Å². The van der Waals surface area contributed by atoms with Gasteiger partial charge >= 0.3 is 0 Å². The molecule has 4 rings (SSSR count). The van der Waals surface area contributed by atoms with Crippen molar-refractivity contribution in [2.75, 3.05) is 23.7 Å². The largest absolute Gasteiger partial charge is 0.326 e. The molecule has 6 nitrogen and oxygen atoms in total. The van der Waals surface area contributed by atoms with Crippen LogP contribution in [0.4, 0.5) is 10.8 Å². The third-order valence-electron chi connectivity index (χ3n) is 4.85. The van der Waals surface area contributed by atoms with Gasteiger partial charge in [-0.15, -0.1) is 11.3 Å². The number of nitrogens with one attached hydrogen (secondary N) is 3. The van der Waals surface area contributed by atoms with E-state index in [9.17, 15) is 9.59 Å². The van der Waals surface area contributed by atoms with Crippen molar-refractivity contribution in [2.24, 2.45) is 5.92 Å². The Morgan fingerprint density at radius 2 is 1.77 bits per heavy atom. The van der Waals surface area contributed by atoms with Gasteiger partial charge < -0.3 is 10.6 Å². The highest BCUT2D eigenvalue weighted by atomic mass is 32.1. The molecule has 136 valence electrons. The van der Waals surface area contributed by atoms with Crippen LogP contribution < -0.4 is 16.0 Å². The van der Waals surface area contributed by atoms with Crippen LogP contribution in [0, 0.1) is 5.92 Å². The van der Waals surface area contributed by atoms with E-state index >= 15 is 0 Å². The average molecular weight is 370 g/mol. The number of hydrogen-bond donors (Lipinski definition) is 3. The molecule has 3 N–H and O–H groups in total. The standard InChI is InChI=1S/C19H22N4O2S/c24-17(13-1-2-13)22-15-5-3-14(4-6-15)18(25)23-19-21-11-16(26-19)12-7-9-20-10-8-12/h3-6,11-13,20H,1-2,7-10H2,(H,22,24)(H,21,23,25). The third-order valence-corrected chi connectivity index (χ3v) is 5.92. The molecule has 2 fully saturated rings. The van der Waals surface area contributed by atoms with Gasteiger partial charge in [-0.3, -0.25) is 14.9 Å². The first-order chi connectivity index (χ1) is 12.7. The summed E-state index contributed by atoms with van der Waals surface area (Å²) in [4.78, 5) is 29.8. The number of carbonyl (C=O) groups excluding carboxylic acids is 2. The zero-order valence-electron chi connectivity index (χ0n) is 14.5. The minimum absolute atomic E-state index is 0.0652. The van der Waals surface area contributed by atoms with Crippen LogP contribution in [0.25, 0.3) is 0 Å². The van der Waals surface area contributed by atoms with Gasteiger partial charge in [0.1, 0.15) is 0 Å². The number of carbonyl (C=O) groups is 2. The highest BCUT2D eigenvalue weighted by molar-refractivity contribution is 7.15. The quantitative estimate of drug-likeness (QED) is 0.755. The lowest BCUT2D eigenvalue weighted by Crippen LogP contribution is -2.26. The summed E-state index contributed by atoms with van der Waals surface area (Å²) in [6.45, 7) is 2.07. The van der Waals surface area contributed by atoms with Crippen LogP contribution >= 0.6 is 11.3 Å². The fourth-order valence-corrected chi connectivity index (χ4v) is 4.08. The van der Waals surface area contributed by atoms with Crippen molar-refractivity contribution in [1.29, 1.82) is 0 Å². The first-order valence-electron chi connectivity index (χ1n) is 9.08. The molecule has 1 aromatic heterocycles. The van der Waals surface area contributed by atoms with Crippen LogP contribution in [-0.2, 0) is 4.79 Å². The first-order valence-corrected chi connectivity index (χ1v) is 9.89. The number of nitrogens with zero attached hydrogens (tertiary/aromatic N) is 1. The number of piperidine rings is 1. The lowest BCUT2D eigenvalue weighted by Gasteiger charge is -2.20. The lowest BCUT2D eigenvalue weighted by molar-refractivity contribution is -0.117. The summed E-state index contributed by atoms with van der Waals surface area (Å²) in [7, 11) is 0. The predicted octanol–water partition coefficient (Wildman–Crippen LogP) is 3.21. The molecule has 1 aliphatic carbocycles. The molecular formula is C19H22N4O2S. The zero-order valence-corrected chi connectivity index (χ0v) is 15.3. The normalized spacial score (nSPS) is 17.7. The maximum absolute atomic E-state index is 12.4. The molecule has 1 aromatic carbocycles. The van der Waals surface area contributed by atoms with Crippen LogP contribution in [0.3, 0.4) is 0 Å². The van der Waals surface area contributed by atoms with Crippen molar-refractivity contribution in [1.82, 2.24) is 10.3 Å². The minimum atomic E-state index is -0.184. The monoisotopic (exact) mass is 370 g/mol. The summed E-state index contributed by atoms with van der Waals surface area (Å²) >= 11 is 1.56. The highest BCUT2D eigenvalue weighted by Gasteiger charge is 2.29. The van der Waals surface area contributed by atoms with E-state index in [1.807, 2.05) is 6.20 Å². The molecule has 2 heterocycles. The minimum Gasteiger partial charge on any atom is -0.326 e. The average Bonchev–Trinajstić information content (AvgIpc) is 3.43. The van der Waals surface area contributed by atoms with Crippen LogP contribution in [0.5, 0.6) is 0 Å². The van der Waals surface area contributed by atoms with Crippen LogP contribution in [0.1, 0.15) is 46.8 Å². The SMILES string of the molecule is O=C(Nc1ncc(C2CCNCC2)s1)c1ccc(NC(=O)C2CC2)cc1. The van der Waals surface area contributed by atoms with Crippen molar-refractivity contribution >= 4 is 34.0 Å². The first kappa shape index (κ1) is 17.2. The topological polar surface area (TPSA) is 83.1 Å². The summed E-state index contributed by atoms with van der Waals surface area (Å²) in [6, 6.07) is 6.97. The molecule has 26 heavy (non-hydrogen) atoms. The molecule has 0 atom stereocenters. The van der Waals surface area contributed by atoms with E-state index in [1.54, 1.807) is 35.6 Å². The Morgan fingerprint density at radius 3 is 2.46 bits per heavy atom. The fourth-order valence-electron chi connectivity index (χ4n) is 3.10. The molecular weight excluding hydrogens is 348 g/mol. The van der Waals surface area contributed by atoms with Gasteiger partial charge in [0, 0.05) is 28.2 Å². The summed E-state index contributed by atoms with van der Waals surface area (Å²) < 4.78 is 0. The van der Waals surface area contributed by atoms with Crippen molar-refractivity contribution < 1.29 is 9.59 Å². The molecule has 1 saturated heterocycles. The molecule has 0 spiro atoms. The number of thiazole rings is 1. The second kappa shape index (κ2) is 7.55. The maximum Gasteiger partial charge on any atom is 0.257 e. The number of rotatable bonds is 5. The molecule has 2 amide bonds. The van der Waals surface area contributed by atoms with Gasteiger partial charge in [-0.05, 0) is 69.0 Å². The second-order valence-corrected chi connectivity index (χ2v) is 7.95. The Balaban J connectivity index is 1.35. The van der Waals surface area contributed by atoms with Crippen LogP contribution in [0.15, 0.2) is 30.5 Å². The number of hydrogen-bond acceptors (Lipinski definition) is 5. The summed E-state index contributed by atoms with van der Waals surface area (Å²) in [5.74, 6) is 0.581. The number of anilines is 2. The van der Waals surface area contributed by atoms with E-state index in [0.29, 0.717) is 16.6 Å². The predicted molar refractivity (Wildman–Crippen MR) is 103 cm³/mol. The lowest BCUT2D eigenvalue weighted by atomic mass is 9.97. The second-order valence-electron chi connectivity index (χ2n) is 6.89. The maximum atomic E-state index is 12.4. The molecule has 2 aliphatic rings. The smallest absolute Gasteiger partial charge is 0.257 e. The van der Waals surface area contributed by atoms with Crippen molar-refractivity contribution in [2.45, 2.75) is 31.6 Å². The summed E-state index contributed by atoms with van der Waals surface area (Å²) in [5, 5.41) is 9.74. The Labute approximate surface area is 156 Å². The number of benzene rings is 1. The summed E-state index contributed by atoms with van der Waals surface area (Å²) in [5.41, 5.74) is 1.27. The van der Waals surface area contributed by atoms with E-state index in [0.717, 1.165) is 44.5 Å². The van der Waals surface area contributed by atoms with E-state index in [2.05, 4.69) is 20.9 Å². The number of amides is 2. The van der Waals surface area contributed by atoms with Gasteiger partial charge in [0.25, 0.3) is 5.91 Å². The Morgan fingerprint density at radius 1 is 1.04 bits per heavy atom. The Hall–Kier alpha value is -2.25. The van der Waals surface area contributed by atoms with Crippen molar-refractivity contribution in [3.63, 3.8) is 0 Å². The molecule has 0 radical (unpaired) electrons. The van der Waals surface area contributed by atoms with Crippen molar-refractivity contribution in [3.8, 4) is 0 Å². The fraction of sp³-hybridized carbons (Fsp3) is 0.421. The third kappa shape index (κ3) is 4.11. The van der Waals surface area contributed by atoms with E-state index in [4.69, 9.17) is 0 Å². The van der Waals surface area contributed by atoms with Crippen molar-refractivity contribution in [3.05, 3.63) is 40.9 Å². The number of aromatic nitrogens is 1. The van der Waals surface area contributed by atoms with Crippen LogP contribution in [-0.4, -0.2) is 29.9 Å². The Bertz CT molecular complexity index is 792. The Kier molecular flexibility index (Phi) is 4.99. The highest BCUT2D eigenvalue weighted by Crippen LogP contribution is 2.32. The molecule has 1 saturated carbocycles. The van der Waals surface area contributed by atoms with E-state index < -0.39 is 0 Å².